The molecular formula is C17H32ClN3O. The predicted octanol–water partition coefficient (Wildman–Crippen LogP) is 2.32. The summed E-state index contributed by atoms with van der Waals surface area (Å²) in [5, 5.41) is 6.65. The van der Waals surface area contributed by atoms with E-state index in [2.05, 4.69) is 15.5 Å². The van der Waals surface area contributed by atoms with Crippen LogP contribution in [0.4, 0.5) is 0 Å². The lowest BCUT2D eigenvalue weighted by atomic mass is 9.91. The van der Waals surface area contributed by atoms with Crippen molar-refractivity contribution < 1.29 is 4.79 Å². The molecule has 2 saturated heterocycles. The van der Waals surface area contributed by atoms with Gasteiger partial charge in [0, 0.05) is 31.1 Å². The van der Waals surface area contributed by atoms with E-state index in [0.29, 0.717) is 11.9 Å². The maximum absolute atomic E-state index is 12.3. The second kappa shape index (κ2) is 9.09. The number of nitrogens with zero attached hydrogens (tertiary/aromatic N) is 1. The third-order valence-electron chi connectivity index (χ3n) is 5.68. The molecule has 3 rings (SSSR count). The van der Waals surface area contributed by atoms with Crippen LogP contribution in [0.25, 0.3) is 0 Å². The third kappa shape index (κ3) is 4.84. The van der Waals surface area contributed by atoms with Gasteiger partial charge in [-0.15, -0.1) is 12.4 Å². The number of rotatable bonds is 3. The molecule has 5 heteroatoms. The van der Waals surface area contributed by atoms with E-state index in [1.54, 1.807) is 0 Å². The molecule has 1 saturated carbocycles. The number of carbonyl (C=O) groups is 1. The quantitative estimate of drug-likeness (QED) is 0.835. The number of hydrogen-bond acceptors (Lipinski definition) is 3. The summed E-state index contributed by atoms with van der Waals surface area (Å²) in [6.45, 7) is 4.36. The van der Waals surface area contributed by atoms with Crippen LogP contribution in [0, 0.1) is 5.92 Å². The first-order valence-electron chi connectivity index (χ1n) is 9.08. The van der Waals surface area contributed by atoms with Crippen molar-refractivity contribution in [1.29, 1.82) is 0 Å². The summed E-state index contributed by atoms with van der Waals surface area (Å²) in [4.78, 5) is 15.0. The first-order valence-corrected chi connectivity index (χ1v) is 9.08. The van der Waals surface area contributed by atoms with Crippen LogP contribution in [0.1, 0.15) is 57.8 Å². The molecule has 2 N–H and O–H groups in total. The minimum Gasteiger partial charge on any atom is -0.353 e. The number of likely N-dealkylation sites (tertiary alicyclic amines) is 1. The Morgan fingerprint density at radius 3 is 2.18 bits per heavy atom. The first kappa shape index (κ1) is 18.0. The van der Waals surface area contributed by atoms with Gasteiger partial charge in [0.2, 0.25) is 5.91 Å². The van der Waals surface area contributed by atoms with Crippen molar-refractivity contribution in [3.63, 3.8) is 0 Å². The van der Waals surface area contributed by atoms with Gasteiger partial charge in [-0.05, 0) is 51.6 Å². The Morgan fingerprint density at radius 1 is 0.909 bits per heavy atom. The molecule has 3 aliphatic rings. The zero-order valence-corrected chi connectivity index (χ0v) is 14.5. The van der Waals surface area contributed by atoms with Crippen molar-refractivity contribution in [2.24, 2.45) is 5.92 Å². The fraction of sp³-hybridized carbons (Fsp3) is 0.941. The summed E-state index contributed by atoms with van der Waals surface area (Å²) >= 11 is 0. The van der Waals surface area contributed by atoms with E-state index in [4.69, 9.17) is 0 Å². The van der Waals surface area contributed by atoms with Gasteiger partial charge in [0.25, 0.3) is 0 Å². The summed E-state index contributed by atoms with van der Waals surface area (Å²) in [7, 11) is 0. The summed E-state index contributed by atoms with van der Waals surface area (Å²) in [5.74, 6) is 0.565. The molecule has 3 fully saturated rings. The lowest BCUT2D eigenvalue weighted by Gasteiger charge is -2.39. The van der Waals surface area contributed by atoms with Crippen LogP contribution in [0.3, 0.4) is 0 Å². The number of amides is 1. The van der Waals surface area contributed by atoms with Crippen LogP contribution in [-0.2, 0) is 4.79 Å². The smallest absolute Gasteiger partial charge is 0.223 e. The van der Waals surface area contributed by atoms with Crippen molar-refractivity contribution in [2.75, 3.05) is 26.2 Å². The molecule has 128 valence electrons. The van der Waals surface area contributed by atoms with Crippen LogP contribution >= 0.6 is 12.4 Å². The zero-order valence-electron chi connectivity index (χ0n) is 13.7. The molecule has 4 nitrogen and oxygen atoms in total. The molecule has 0 aromatic rings. The molecule has 2 aliphatic heterocycles. The van der Waals surface area contributed by atoms with E-state index in [1.165, 1.54) is 45.2 Å². The number of piperidine rings is 2. The lowest BCUT2D eigenvalue weighted by molar-refractivity contribution is -0.126. The Kier molecular flexibility index (Phi) is 7.45. The predicted molar refractivity (Wildman–Crippen MR) is 92.5 cm³/mol. The minimum atomic E-state index is 0. The van der Waals surface area contributed by atoms with E-state index in [9.17, 15) is 4.79 Å². The normalized spacial score (nSPS) is 26.4. The number of hydrogen-bond donors (Lipinski definition) is 2. The molecule has 2 heterocycles. The van der Waals surface area contributed by atoms with Crippen LogP contribution in [0.15, 0.2) is 0 Å². The van der Waals surface area contributed by atoms with Gasteiger partial charge in [0.05, 0.1) is 0 Å². The number of carbonyl (C=O) groups excluding carboxylic acids is 1. The lowest BCUT2D eigenvalue weighted by Crippen LogP contribution is -2.50. The van der Waals surface area contributed by atoms with E-state index in [0.717, 1.165) is 44.8 Å². The van der Waals surface area contributed by atoms with E-state index < -0.39 is 0 Å². The Morgan fingerprint density at radius 2 is 1.55 bits per heavy atom. The van der Waals surface area contributed by atoms with Gasteiger partial charge in [-0.3, -0.25) is 4.79 Å². The van der Waals surface area contributed by atoms with Crippen LogP contribution in [-0.4, -0.2) is 49.1 Å². The summed E-state index contributed by atoms with van der Waals surface area (Å²) < 4.78 is 0. The molecule has 0 atom stereocenters. The highest BCUT2D eigenvalue weighted by molar-refractivity contribution is 5.85. The zero-order chi connectivity index (χ0) is 14.5. The molecule has 22 heavy (non-hydrogen) atoms. The highest BCUT2D eigenvalue weighted by Gasteiger charge is 2.28. The number of nitrogens with one attached hydrogen (secondary N) is 2. The summed E-state index contributed by atoms with van der Waals surface area (Å²) in [6.07, 6.45) is 11.4. The van der Waals surface area contributed by atoms with Gasteiger partial charge >= 0.3 is 0 Å². The van der Waals surface area contributed by atoms with Gasteiger partial charge in [-0.2, -0.15) is 0 Å². The van der Waals surface area contributed by atoms with E-state index in [1.807, 2.05) is 0 Å². The standard InChI is InChI=1S/C17H31N3O.ClH/c21-17(14-6-10-18-11-7-14)19-15-8-12-20(13-9-15)16-4-2-1-3-5-16;/h14-16,18H,1-13H2,(H,19,21);1H. The molecule has 0 unspecified atom stereocenters. The fourth-order valence-corrected chi connectivity index (χ4v) is 4.26. The summed E-state index contributed by atoms with van der Waals surface area (Å²) in [6, 6.07) is 1.26. The Labute approximate surface area is 141 Å². The van der Waals surface area contributed by atoms with Crippen LogP contribution in [0.2, 0.25) is 0 Å². The molecular weight excluding hydrogens is 298 g/mol. The van der Waals surface area contributed by atoms with E-state index >= 15 is 0 Å². The molecule has 1 amide bonds. The van der Waals surface area contributed by atoms with Crippen molar-refractivity contribution in [3.8, 4) is 0 Å². The maximum atomic E-state index is 12.3. The minimum absolute atomic E-state index is 0. The van der Waals surface area contributed by atoms with Gasteiger partial charge in [0.15, 0.2) is 0 Å². The first-order chi connectivity index (χ1) is 10.3. The molecule has 1 aliphatic carbocycles. The summed E-state index contributed by atoms with van der Waals surface area (Å²) in [5.41, 5.74) is 0. The molecule has 0 spiro atoms. The van der Waals surface area contributed by atoms with Crippen molar-refractivity contribution in [2.45, 2.75) is 69.9 Å². The Balaban J connectivity index is 0.00000176. The monoisotopic (exact) mass is 329 g/mol. The van der Waals surface area contributed by atoms with Gasteiger partial charge in [-0.1, -0.05) is 19.3 Å². The number of halogens is 1. The molecule has 0 bridgehead atoms. The van der Waals surface area contributed by atoms with Gasteiger partial charge < -0.3 is 15.5 Å². The highest BCUT2D eigenvalue weighted by atomic mass is 35.5. The SMILES string of the molecule is Cl.O=C(NC1CCN(C2CCCCC2)CC1)C1CCNCC1. The van der Waals surface area contributed by atoms with Crippen LogP contribution < -0.4 is 10.6 Å². The average Bonchev–Trinajstić information content (AvgIpc) is 2.57. The second-order valence-electron chi connectivity index (χ2n) is 7.13. The van der Waals surface area contributed by atoms with E-state index in [-0.39, 0.29) is 18.3 Å². The second-order valence-corrected chi connectivity index (χ2v) is 7.13. The van der Waals surface area contributed by atoms with Crippen molar-refractivity contribution in [1.82, 2.24) is 15.5 Å². The largest absolute Gasteiger partial charge is 0.353 e. The third-order valence-corrected chi connectivity index (χ3v) is 5.68. The fourth-order valence-electron chi connectivity index (χ4n) is 4.26. The molecule has 0 radical (unpaired) electrons. The highest BCUT2D eigenvalue weighted by Crippen LogP contribution is 2.25. The van der Waals surface area contributed by atoms with Gasteiger partial charge in [0.1, 0.15) is 0 Å². The average molecular weight is 330 g/mol. The van der Waals surface area contributed by atoms with Crippen molar-refractivity contribution in [3.05, 3.63) is 0 Å². The van der Waals surface area contributed by atoms with Gasteiger partial charge in [-0.25, -0.2) is 0 Å². The molecule has 0 aromatic carbocycles. The Hall–Kier alpha value is -0.320. The van der Waals surface area contributed by atoms with Crippen LogP contribution in [0.5, 0.6) is 0 Å². The topological polar surface area (TPSA) is 44.4 Å². The molecule has 0 aromatic heterocycles. The Bertz CT molecular complexity index is 333. The maximum Gasteiger partial charge on any atom is 0.223 e. The van der Waals surface area contributed by atoms with Crippen molar-refractivity contribution >= 4 is 18.3 Å².